The first-order valence-electron chi connectivity index (χ1n) is 18.7. The van der Waals surface area contributed by atoms with Crippen molar-refractivity contribution in [1.82, 2.24) is 0 Å². The minimum atomic E-state index is -7.17. The molecule has 0 spiro atoms. The van der Waals surface area contributed by atoms with E-state index in [4.69, 9.17) is 0 Å². The number of carbonyl (C=O) groups is 6. The lowest BCUT2D eigenvalue weighted by Gasteiger charge is -2.48. The first-order chi connectivity index (χ1) is 33.2. The number of hydrogen-bond donors (Lipinski definition) is 0. The number of rotatable bonds is 18. The van der Waals surface area contributed by atoms with Gasteiger partial charge in [0.25, 0.3) is 5.92 Å². The van der Waals surface area contributed by atoms with Gasteiger partial charge in [0.15, 0.2) is 11.8 Å². The average molecular weight is 1170 g/mol. The summed E-state index contributed by atoms with van der Waals surface area (Å²) in [4.78, 5) is 65.6. The minimum absolute atomic E-state index is 0.187. The van der Waals surface area contributed by atoms with Crippen LogP contribution in [-0.2, 0) is 57.2 Å². The quantitative estimate of drug-likeness (QED) is 0.0422. The number of ether oxygens (including phenoxy) is 6. The van der Waals surface area contributed by atoms with Crippen molar-refractivity contribution in [1.29, 1.82) is 0 Å². The minimum Gasteiger partial charge on any atom is -0.462 e. The van der Waals surface area contributed by atoms with Gasteiger partial charge in [0.2, 0.25) is 0 Å². The molecule has 12 nitrogen and oxygen atoms in total. The Hall–Kier alpha value is -5.85. The van der Waals surface area contributed by atoms with Crippen LogP contribution < -0.4 is 0 Å². The van der Waals surface area contributed by atoms with Crippen LogP contribution in [-0.4, -0.2) is 153 Å². The summed E-state index contributed by atoms with van der Waals surface area (Å²) < 4.78 is 376. The maximum absolute atomic E-state index is 13.5. The summed E-state index contributed by atoms with van der Waals surface area (Å²) in [5.74, 6) is -99.8. The van der Waals surface area contributed by atoms with Crippen molar-refractivity contribution in [3.8, 4) is 0 Å². The molecule has 2 aliphatic carbocycles. The third-order valence-corrected chi connectivity index (χ3v) is 8.79. The van der Waals surface area contributed by atoms with Crippen LogP contribution in [0.5, 0.6) is 0 Å². The van der Waals surface area contributed by atoms with Crippen molar-refractivity contribution in [2.24, 2.45) is 11.8 Å². The van der Waals surface area contributed by atoms with Crippen LogP contribution in [0, 0.1) is 11.8 Å². The topological polar surface area (TPSA) is 158 Å². The lowest BCUT2D eigenvalue weighted by molar-refractivity contribution is -0.458. The van der Waals surface area contributed by atoms with Crippen molar-refractivity contribution in [3.05, 3.63) is 37.5 Å². The maximum Gasteiger partial charge on any atom is 0.394 e. The maximum atomic E-state index is 13.5. The molecule has 2 aliphatic rings. The van der Waals surface area contributed by atoms with Crippen molar-refractivity contribution in [2.75, 3.05) is 39.6 Å². The van der Waals surface area contributed by atoms with Crippen molar-refractivity contribution in [2.45, 2.75) is 97.0 Å². The summed E-state index contributed by atoms with van der Waals surface area (Å²) in [6.45, 7) is 4.15. The second kappa shape index (κ2) is 23.2. The first-order valence-corrected chi connectivity index (χ1v) is 18.7. The molecule has 39 heteroatoms. The fourth-order valence-electron chi connectivity index (χ4n) is 5.11. The summed E-state index contributed by atoms with van der Waals surface area (Å²) in [6.07, 6.45) is -9.50. The molecule has 0 aliphatic heterocycles. The average Bonchev–Trinajstić information content (AvgIpc) is 3.22. The zero-order valence-electron chi connectivity index (χ0n) is 36.2. The molecule has 0 saturated heterocycles. The van der Waals surface area contributed by atoms with Gasteiger partial charge in [0.1, 0.15) is 46.1 Å². The third kappa shape index (κ3) is 14.2. The smallest absolute Gasteiger partial charge is 0.394 e. The molecule has 0 aromatic heterocycles. The summed E-state index contributed by atoms with van der Waals surface area (Å²) in [5, 5.41) is 0. The van der Waals surface area contributed by atoms with Crippen LogP contribution >= 0.6 is 0 Å². The summed E-state index contributed by atoms with van der Waals surface area (Å²) in [5.41, 5.74) is -0.187. The van der Waals surface area contributed by atoms with E-state index in [-0.39, 0.29) is 5.57 Å². The number of hydrogen-bond acceptors (Lipinski definition) is 12. The van der Waals surface area contributed by atoms with E-state index in [0.29, 0.717) is 6.08 Å². The Balaban J connectivity index is 0.00000110. The largest absolute Gasteiger partial charge is 0.462 e. The summed E-state index contributed by atoms with van der Waals surface area (Å²) in [7, 11) is 0. The van der Waals surface area contributed by atoms with Crippen LogP contribution in [0.25, 0.3) is 0 Å². The molecule has 75 heavy (non-hydrogen) atoms. The van der Waals surface area contributed by atoms with E-state index in [9.17, 15) is 147 Å². The highest BCUT2D eigenvalue weighted by Gasteiger charge is 2.98. The predicted molar refractivity (Wildman–Crippen MR) is 183 cm³/mol. The van der Waals surface area contributed by atoms with Gasteiger partial charge in [0.05, 0.1) is 6.42 Å². The Labute approximate surface area is 398 Å². The molecular weight excluding hydrogens is 1140 g/mol. The SMILES string of the molecule is C=C(C)C(=O)OCCOC(=O)C1C(F)(F)C(F)(F)C(F)(F)C(F)(F)C1(F)F.C=CC(=O)OCCOC(=O)C(F)(F)CC(F)(F)CC(F)(F)F.C=CC(=O)OCCOC(=O)C1C(F)(F)C(F)(F)C(F)(F)C(F)(F)C1(F)F. The lowest BCUT2D eigenvalue weighted by atomic mass is 9.74. The van der Waals surface area contributed by atoms with E-state index in [1.165, 1.54) is 0 Å². The number of carbonyl (C=O) groups excluding carboxylic acids is 6. The Morgan fingerprint density at radius 2 is 0.693 bits per heavy atom. The van der Waals surface area contributed by atoms with Gasteiger partial charge in [-0.3, -0.25) is 9.59 Å². The molecule has 0 heterocycles. The molecule has 0 N–H and O–H groups in total. The molecule has 0 unspecified atom stereocenters. The van der Waals surface area contributed by atoms with Crippen LogP contribution in [0.15, 0.2) is 37.5 Å². The van der Waals surface area contributed by atoms with E-state index in [2.05, 4.69) is 48.2 Å². The number of halogens is 27. The van der Waals surface area contributed by atoms with Gasteiger partial charge in [-0.2, -0.15) is 110 Å². The van der Waals surface area contributed by atoms with Gasteiger partial charge < -0.3 is 28.4 Å². The van der Waals surface area contributed by atoms with Crippen molar-refractivity contribution < 1.29 is 176 Å². The Kier molecular flexibility index (Phi) is 21.4. The molecule has 2 saturated carbocycles. The summed E-state index contributed by atoms with van der Waals surface area (Å²) >= 11 is 0. The molecular formula is C36H29F27O12. The van der Waals surface area contributed by atoms with Gasteiger partial charge in [-0.1, -0.05) is 19.7 Å². The molecule has 0 bridgehead atoms. The number of alkyl halides is 27. The van der Waals surface area contributed by atoms with Crippen molar-refractivity contribution in [3.63, 3.8) is 0 Å². The standard InChI is InChI=1S/C13H10F10O4.C12H8F10O4.C11H11F7O4/c1-5(2)7(24)26-3-4-27-8(25)6-9(14,15)11(18,19)13(22,23)12(20,21)10(6,16)17;1-2-5(23)25-3-4-26-7(24)6-8(13,14)10(17,18)12(21,22)11(19,20)9(6,15)16;1-2-7(19)21-3-4-22-8(20)10(14,15)5-9(12,13)6-11(16,17)18/h6H,1,3-4H2,2H3;2,6H,1,3-4H2;2H,1,3-6H2. The van der Waals surface area contributed by atoms with Gasteiger partial charge in [-0.15, -0.1) is 0 Å². The zero-order valence-corrected chi connectivity index (χ0v) is 36.2. The molecule has 0 atom stereocenters. The highest BCUT2D eigenvalue weighted by molar-refractivity contribution is 5.87. The highest BCUT2D eigenvalue weighted by Crippen LogP contribution is 2.68. The fourth-order valence-corrected chi connectivity index (χ4v) is 5.11. The van der Waals surface area contributed by atoms with E-state index >= 15 is 0 Å². The monoisotopic (exact) mass is 1170 g/mol. The van der Waals surface area contributed by atoms with Crippen LogP contribution in [0.4, 0.5) is 119 Å². The Bertz CT molecular complexity index is 2060. The highest BCUT2D eigenvalue weighted by atomic mass is 19.4. The molecule has 2 fully saturated rings. The number of esters is 6. The van der Waals surface area contributed by atoms with Crippen LogP contribution in [0.1, 0.15) is 19.8 Å². The van der Waals surface area contributed by atoms with Gasteiger partial charge in [-0.25, -0.2) is 28.0 Å². The lowest BCUT2D eigenvalue weighted by Crippen LogP contribution is -2.78. The van der Waals surface area contributed by atoms with Crippen molar-refractivity contribution >= 4 is 35.8 Å². The van der Waals surface area contributed by atoms with E-state index < -0.39 is 177 Å². The third-order valence-electron chi connectivity index (χ3n) is 8.79. The van der Waals surface area contributed by atoms with Gasteiger partial charge in [0, 0.05) is 17.7 Å². The Morgan fingerprint density at radius 1 is 0.427 bits per heavy atom. The van der Waals surface area contributed by atoms with Gasteiger partial charge in [-0.05, 0) is 6.92 Å². The normalized spacial score (nSPS) is 21.3. The molecule has 0 aromatic carbocycles. The predicted octanol–water partition coefficient (Wildman–Crippen LogP) is 9.39. The van der Waals surface area contributed by atoms with Crippen LogP contribution in [0.3, 0.4) is 0 Å². The van der Waals surface area contributed by atoms with Crippen LogP contribution in [0.2, 0.25) is 0 Å². The fraction of sp³-hybridized carbons (Fsp3) is 0.667. The van der Waals surface area contributed by atoms with E-state index in [1.807, 2.05) is 0 Å². The molecule has 2 rings (SSSR count). The second-order valence-electron chi connectivity index (χ2n) is 14.5. The molecule has 434 valence electrons. The first kappa shape index (κ1) is 69.1. The summed E-state index contributed by atoms with van der Waals surface area (Å²) in [6, 6.07) is 0. The van der Waals surface area contributed by atoms with E-state index in [0.717, 1.165) is 13.0 Å². The van der Waals surface area contributed by atoms with E-state index in [1.54, 1.807) is 0 Å². The molecule has 0 radical (unpaired) electrons. The Morgan fingerprint density at radius 3 is 0.960 bits per heavy atom. The van der Waals surface area contributed by atoms with Gasteiger partial charge >= 0.3 is 107 Å². The second-order valence-corrected chi connectivity index (χ2v) is 14.5. The zero-order chi connectivity index (χ0) is 60.0. The molecule has 0 amide bonds. The molecule has 0 aromatic rings.